The van der Waals surface area contributed by atoms with Crippen LogP contribution in [0.15, 0.2) is 11.6 Å². The molecular weight excluding hydrogens is 405 g/mol. The molecule has 1 fully saturated rings. The lowest BCUT2D eigenvalue weighted by Crippen LogP contribution is -2.50. The second kappa shape index (κ2) is 10.1. The van der Waals surface area contributed by atoms with E-state index in [4.69, 9.17) is 23.2 Å². The maximum absolute atomic E-state index is 13.5. The number of likely N-dealkylation sites (N-methyl/N-ethyl adjacent to an activating group) is 1. The van der Waals surface area contributed by atoms with E-state index in [0.717, 1.165) is 17.8 Å². The summed E-state index contributed by atoms with van der Waals surface area (Å²) in [6.45, 7) is 6.59. The van der Waals surface area contributed by atoms with E-state index in [1.54, 1.807) is 29.5 Å². The normalized spacial score (nSPS) is 19.6. The van der Waals surface area contributed by atoms with Crippen molar-refractivity contribution in [1.82, 2.24) is 14.8 Å². The quantitative estimate of drug-likeness (QED) is 0.566. The first-order valence-electron chi connectivity index (χ1n) is 9.46. The topological polar surface area (TPSA) is 53.5 Å². The van der Waals surface area contributed by atoms with E-state index in [0.29, 0.717) is 19.4 Å². The summed E-state index contributed by atoms with van der Waals surface area (Å²) in [7, 11) is 1.71. The SMILES string of the molecule is CC(C)CC(=O)N(C)[C@H](C[C@H](C)C(Cl)Cl)C(=O)N1CCC[C@@H]1c1nccs1. The first kappa shape index (κ1) is 22.4. The highest BCUT2D eigenvalue weighted by Gasteiger charge is 2.39. The average Bonchev–Trinajstić information content (AvgIpc) is 3.27. The Hall–Kier alpha value is -0.850. The van der Waals surface area contributed by atoms with Gasteiger partial charge in [0, 0.05) is 31.6 Å². The Morgan fingerprint density at radius 1 is 1.37 bits per heavy atom. The van der Waals surface area contributed by atoms with Crippen LogP contribution in [0.5, 0.6) is 0 Å². The van der Waals surface area contributed by atoms with Crippen LogP contribution in [-0.2, 0) is 9.59 Å². The molecule has 0 radical (unpaired) electrons. The molecule has 3 atom stereocenters. The predicted octanol–water partition coefficient (Wildman–Crippen LogP) is 4.51. The lowest BCUT2D eigenvalue weighted by Gasteiger charge is -2.35. The van der Waals surface area contributed by atoms with Gasteiger partial charge >= 0.3 is 0 Å². The van der Waals surface area contributed by atoms with Crippen LogP contribution in [0.4, 0.5) is 0 Å². The second-order valence-corrected chi connectivity index (χ2v) is 9.82. The zero-order valence-corrected chi connectivity index (χ0v) is 18.7. The third-order valence-corrected chi connectivity index (χ3v) is 6.76. The fourth-order valence-electron chi connectivity index (χ4n) is 3.42. The minimum absolute atomic E-state index is 0.00768. The summed E-state index contributed by atoms with van der Waals surface area (Å²) >= 11 is 13.7. The fraction of sp³-hybridized carbons (Fsp3) is 0.737. The minimum atomic E-state index is -0.581. The number of hydrogen-bond acceptors (Lipinski definition) is 4. The van der Waals surface area contributed by atoms with Gasteiger partial charge in [-0.15, -0.1) is 34.5 Å². The number of halogens is 2. The van der Waals surface area contributed by atoms with E-state index in [-0.39, 0.29) is 29.7 Å². The highest BCUT2D eigenvalue weighted by molar-refractivity contribution is 7.09. The van der Waals surface area contributed by atoms with Gasteiger partial charge in [-0.1, -0.05) is 20.8 Å². The van der Waals surface area contributed by atoms with Crippen molar-refractivity contribution in [2.75, 3.05) is 13.6 Å². The summed E-state index contributed by atoms with van der Waals surface area (Å²) < 4.78 is 0. The van der Waals surface area contributed by atoms with Crippen LogP contribution in [0.1, 0.15) is 57.5 Å². The summed E-state index contributed by atoms with van der Waals surface area (Å²) in [6, 6.07) is -0.571. The summed E-state index contributed by atoms with van der Waals surface area (Å²) in [5, 5.41) is 2.89. The maximum atomic E-state index is 13.5. The Balaban J connectivity index is 2.22. The third kappa shape index (κ3) is 5.81. The zero-order chi connectivity index (χ0) is 20.1. The molecule has 2 heterocycles. The van der Waals surface area contributed by atoms with Crippen molar-refractivity contribution >= 4 is 46.4 Å². The van der Waals surface area contributed by atoms with Crippen LogP contribution in [-0.4, -0.2) is 51.1 Å². The first-order chi connectivity index (χ1) is 12.7. The highest BCUT2D eigenvalue weighted by Crippen LogP contribution is 2.35. The molecule has 0 saturated carbocycles. The van der Waals surface area contributed by atoms with Crippen LogP contribution in [0.3, 0.4) is 0 Å². The first-order valence-corrected chi connectivity index (χ1v) is 11.2. The van der Waals surface area contributed by atoms with Crippen molar-refractivity contribution < 1.29 is 9.59 Å². The lowest BCUT2D eigenvalue weighted by molar-refractivity contribution is -0.146. The number of carbonyl (C=O) groups excluding carboxylic acids is 2. The molecule has 0 aliphatic carbocycles. The number of rotatable bonds is 8. The molecule has 0 N–H and O–H groups in total. The van der Waals surface area contributed by atoms with Crippen molar-refractivity contribution in [2.45, 2.75) is 63.4 Å². The number of aromatic nitrogens is 1. The van der Waals surface area contributed by atoms with Gasteiger partial charge in [-0.2, -0.15) is 0 Å². The van der Waals surface area contributed by atoms with Gasteiger partial charge in [0.1, 0.15) is 15.9 Å². The number of nitrogens with zero attached hydrogens (tertiary/aromatic N) is 3. The van der Waals surface area contributed by atoms with Gasteiger partial charge in [0.2, 0.25) is 11.8 Å². The molecule has 0 aromatic carbocycles. The largest absolute Gasteiger partial charge is 0.334 e. The van der Waals surface area contributed by atoms with Gasteiger partial charge in [0.25, 0.3) is 0 Å². The van der Waals surface area contributed by atoms with Crippen molar-refractivity contribution in [3.05, 3.63) is 16.6 Å². The van der Waals surface area contributed by atoms with Gasteiger partial charge in [0.15, 0.2) is 0 Å². The van der Waals surface area contributed by atoms with E-state index in [1.165, 1.54) is 0 Å². The molecule has 8 heteroatoms. The standard InChI is InChI=1S/C19H29Cl2N3O2S/c1-12(2)10-16(25)23(4)15(11-13(3)17(20)21)19(26)24-8-5-6-14(24)18-22-7-9-27-18/h7,9,12-15,17H,5-6,8,10-11H2,1-4H3/t13-,14+,15+/m0/s1. The van der Waals surface area contributed by atoms with Gasteiger partial charge in [0.05, 0.1) is 6.04 Å². The molecule has 0 unspecified atom stereocenters. The van der Waals surface area contributed by atoms with E-state index >= 15 is 0 Å². The number of thiazole rings is 1. The minimum Gasteiger partial charge on any atom is -0.334 e. The van der Waals surface area contributed by atoms with Crippen LogP contribution in [0, 0.1) is 11.8 Å². The third-order valence-electron chi connectivity index (χ3n) is 5.03. The molecule has 27 heavy (non-hydrogen) atoms. The molecule has 0 bridgehead atoms. The van der Waals surface area contributed by atoms with E-state index < -0.39 is 10.9 Å². The zero-order valence-electron chi connectivity index (χ0n) is 16.4. The van der Waals surface area contributed by atoms with Gasteiger partial charge in [-0.05, 0) is 31.1 Å². The Kier molecular flexibility index (Phi) is 8.38. The maximum Gasteiger partial charge on any atom is 0.245 e. The average molecular weight is 434 g/mol. The molecule has 1 aromatic rings. The Labute approximate surface area is 176 Å². The Morgan fingerprint density at radius 2 is 2.07 bits per heavy atom. The number of likely N-dealkylation sites (tertiary alicyclic amines) is 1. The van der Waals surface area contributed by atoms with E-state index in [2.05, 4.69) is 4.98 Å². The van der Waals surface area contributed by atoms with Crippen LogP contribution < -0.4 is 0 Å². The van der Waals surface area contributed by atoms with Crippen LogP contribution in [0.25, 0.3) is 0 Å². The van der Waals surface area contributed by atoms with Crippen LogP contribution in [0.2, 0.25) is 0 Å². The van der Waals surface area contributed by atoms with Gasteiger partial charge in [-0.25, -0.2) is 4.98 Å². The Morgan fingerprint density at radius 3 is 2.63 bits per heavy atom. The molecule has 0 spiro atoms. The second-order valence-electron chi connectivity index (χ2n) is 7.73. The number of alkyl halides is 2. The highest BCUT2D eigenvalue weighted by atomic mass is 35.5. The van der Waals surface area contributed by atoms with Gasteiger partial charge in [-0.3, -0.25) is 9.59 Å². The summed E-state index contributed by atoms with van der Waals surface area (Å²) in [6.07, 6.45) is 4.46. The van der Waals surface area contributed by atoms with Crippen molar-refractivity contribution in [2.24, 2.45) is 11.8 Å². The van der Waals surface area contributed by atoms with Crippen molar-refractivity contribution in [3.8, 4) is 0 Å². The van der Waals surface area contributed by atoms with E-state index in [1.807, 2.05) is 31.1 Å². The molecule has 1 saturated heterocycles. The number of hydrogen-bond donors (Lipinski definition) is 0. The number of carbonyl (C=O) groups is 2. The van der Waals surface area contributed by atoms with Crippen molar-refractivity contribution in [3.63, 3.8) is 0 Å². The molecule has 1 aliphatic rings. The van der Waals surface area contributed by atoms with Crippen molar-refractivity contribution in [1.29, 1.82) is 0 Å². The number of amides is 2. The summed E-state index contributed by atoms with van der Waals surface area (Å²) in [4.78, 5) is 33.4. The smallest absolute Gasteiger partial charge is 0.245 e. The summed E-state index contributed by atoms with van der Waals surface area (Å²) in [5.41, 5.74) is 0. The van der Waals surface area contributed by atoms with Gasteiger partial charge < -0.3 is 9.80 Å². The summed E-state index contributed by atoms with van der Waals surface area (Å²) in [5.74, 6) is 0.0728. The molecule has 2 amide bonds. The predicted molar refractivity (Wildman–Crippen MR) is 111 cm³/mol. The molecule has 5 nitrogen and oxygen atoms in total. The fourth-order valence-corrected chi connectivity index (χ4v) is 4.42. The molecule has 1 aliphatic heterocycles. The molecule has 2 rings (SSSR count). The monoisotopic (exact) mass is 433 g/mol. The molecule has 152 valence electrons. The van der Waals surface area contributed by atoms with Crippen LogP contribution >= 0.6 is 34.5 Å². The lowest BCUT2D eigenvalue weighted by atomic mass is 9.99. The molecular formula is C19H29Cl2N3O2S. The van der Waals surface area contributed by atoms with E-state index in [9.17, 15) is 9.59 Å². The Bertz CT molecular complexity index is 624. The molecule has 1 aromatic heterocycles.